The SMILES string of the molecule is Fc1c(CC/C=C/C2CC2)ccc(OC2CCC2)c1F. The lowest BCUT2D eigenvalue weighted by Crippen LogP contribution is -2.25. The van der Waals surface area contributed by atoms with Crippen molar-refractivity contribution < 1.29 is 13.5 Å². The van der Waals surface area contributed by atoms with Crippen molar-refractivity contribution in [2.24, 2.45) is 5.92 Å². The van der Waals surface area contributed by atoms with Gasteiger partial charge in [0.05, 0.1) is 6.10 Å². The van der Waals surface area contributed by atoms with E-state index in [2.05, 4.69) is 12.2 Å². The summed E-state index contributed by atoms with van der Waals surface area (Å²) < 4.78 is 33.3. The average Bonchev–Trinajstić information content (AvgIpc) is 3.20. The Hall–Kier alpha value is -1.38. The van der Waals surface area contributed by atoms with Crippen molar-refractivity contribution in [2.45, 2.75) is 51.0 Å². The number of allylic oxidation sites excluding steroid dienone is 2. The lowest BCUT2D eigenvalue weighted by molar-refractivity contribution is 0.114. The molecule has 2 aliphatic carbocycles. The lowest BCUT2D eigenvalue weighted by atomic mass is 9.96. The third-order valence-electron chi connectivity index (χ3n) is 4.08. The molecule has 1 aromatic carbocycles. The number of aryl methyl sites for hydroxylation is 1. The number of rotatable bonds is 6. The Morgan fingerprint density at radius 1 is 1.10 bits per heavy atom. The molecule has 0 atom stereocenters. The highest BCUT2D eigenvalue weighted by atomic mass is 19.2. The van der Waals surface area contributed by atoms with E-state index in [-0.39, 0.29) is 11.9 Å². The van der Waals surface area contributed by atoms with Crippen LogP contribution in [-0.2, 0) is 6.42 Å². The van der Waals surface area contributed by atoms with Crippen molar-refractivity contribution in [2.75, 3.05) is 0 Å². The van der Waals surface area contributed by atoms with Crippen LogP contribution in [0.2, 0.25) is 0 Å². The molecule has 1 aromatic rings. The number of hydrogen-bond donors (Lipinski definition) is 0. The summed E-state index contributed by atoms with van der Waals surface area (Å²) in [5.74, 6) is -0.790. The standard InChI is InChI=1S/C17H20F2O/c18-16-13(5-2-1-4-12-8-9-12)10-11-15(17(16)19)20-14-6-3-7-14/h1,4,10-12,14H,2-3,5-9H2/b4-1+. The molecule has 0 amide bonds. The van der Waals surface area contributed by atoms with E-state index in [1.165, 1.54) is 12.8 Å². The van der Waals surface area contributed by atoms with Gasteiger partial charge in [-0.25, -0.2) is 4.39 Å². The highest BCUT2D eigenvalue weighted by molar-refractivity contribution is 5.31. The Balaban J connectivity index is 1.60. The maximum atomic E-state index is 14.0. The Labute approximate surface area is 118 Å². The minimum absolute atomic E-state index is 0.0597. The smallest absolute Gasteiger partial charge is 0.200 e. The zero-order valence-corrected chi connectivity index (χ0v) is 11.6. The number of hydrogen-bond acceptors (Lipinski definition) is 1. The molecule has 3 heteroatoms. The molecular formula is C17H20F2O. The molecule has 0 unspecified atom stereocenters. The molecule has 0 N–H and O–H groups in total. The topological polar surface area (TPSA) is 9.23 Å². The van der Waals surface area contributed by atoms with E-state index < -0.39 is 11.6 Å². The largest absolute Gasteiger partial charge is 0.487 e. The molecule has 0 spiro atoms. The molecule has 0 saturated heterocycles. The Kier molecular flexibility index (Phi) is 4.04. The van der Waals surface area contributed by atoms with Gasteiger partial charge in [0, 0.05) is 0 Å². The maximum Gasteiger partial charge on any atom is 0.200 e. The van der Waals surface area contributed by atoms with E-state index in [1.807, 2.05) is 0 Å². The van der Waals surface area contributed by atoms with Gasteiger partial charge >= 0.3 is 0 Å². The quantitative estimate of drug-likeness (QED) is 0.679. The van der Waals surface area contributed by atoms with Crippen LogP contribution in [0.1, 0.15) is 44.1 Å². The van der Waals surface area contributed by atoms with Gasteiger partial charge in [-0.2, -0.15) is 4.39 Å². The third-order valence-corrected chi connectivity index (χ3v) is 4.08. The van der Waals surface area contributed by atoms with E-state index in [4.69, 9.17) is 4.74 Å². The van der Waals surface area contributed by atoms with Gasteiger partial charge < -0.3 is 4.74 Å². The van der Waals surface area contributed by atoms with Gasteiger partial charge in [0.25, 0.3) is 0 Å². The first-order valence-corrected chi connectivity index (χ1v) is 7.54. The Morgan fingerprint density at radius 3 is 2.55 bits per heavy atom. The van der Waals surface area contributed by atoms with E-state index in [0.717, 1.165) is 31.6 Å². The summed E-state index contributed by atoms with van der Waals surface area (Å²) >= 11 is 0. The summed E-state index contributed by atoms with van der Waals surface area (Å²) in [7, 11) is 0. The Bertz CT molecular complexity index is 502. The van der Waals surface area contributed by atoms with Gasteiger partial charge in [0.2, 0.25) is 5.82 Å². The van der Waals surface area contributed by atoms with Gasteiger partial charge in [-0.05, 0) is 62.5 Å². The highest BCUT2D eigenvalue weighted by Crippen LogP contribution is 2.31. The molecule has 2 fully saturated rings. The van der Waals surface area contributed by atoms with Crippen LogP contribution in [0.15, 0.2) is 24.3 Å². The monoisotopic (exact) mass is 278 g/mol. The van der Waals surface area contributed by atoms with Crippen molar-refractivity contribution in [3.8, 4) is 5.75 Å². The first-order valence-electron chi connectivity index (χ1n) is 7.54. The van der Waals surface area contributed by atoms with Crippen molar-refractivity contribution in [1.29, 1.82) is 0 Å². The summed E-state index contributed by atoms with van der Waals surface area (Å²) in [6.45, 7) is 0. The first kappa shape index (κ1) is 13.6. The van der Waals surface area contributed by atoms with Gasteiger partial charge in [-0.3, -0.25) is 0 Å². The summed E-state index contributed by atoms with van der Waals surface area (Å²) in [4.78, 5) is 0. The van der Waals surface area contributed by atoms with E-state index in [9.17, 15) is 8.78 Å². The van der Waals surface area contributed by atoms with E-state index >= 15 is 0 Å². The summed E-state index contributed by atoms with van der Waals surface area (Å²) in [5.41, 5.74) is 0.434. The Morgan fingerprint density at radius 2 is 1.90 bits per heavy atom. The number of halogens is 2. The predicted octanol–water partition coefficient (Wildman–Crippen LogP) is 4.79. The van der Waals surface area contributed by atoms with Crippen LogP contribution in [0, 0.1) is 17.6 Å². The number of ether oxygens (including phenoxy) is 1. The molecular weight excluding hydrogens is 258 g/mol. The molecule has 0 bridgehead atoms. The second-order valence-corrected chi connectivity index (χ2v) is 5.83. The summed E-state index contributed by atoms with van der Waals surface area (Å²) in [5, 5.41) is 0. The minimum Gasteiger partial charge on any atom is -0.487 e. The molecule has 3 rings (SSSR count). The highest BCUT2D eigenvalue weighted by Gasteiger charge is 2.22. The van der Waals surface area contributed by atoms with Crippen LogP contribution in [0.3, 0.4) is 0 Å². The second-order valence-electron chi connectivity index (χ2n) is 5.83. The third kappa shape index (κ3) is 3.20. The number of benzene rings is 1. The summed E-state index contributed by atoms with van der Waals surface area (Å²) in [6, 6.07) is 3.22. The average molecular weight is 278 g/mol. The lowest BCUT2D eigenvalue weighted by Gasteiger charge is -2.26. The molecule has 0 aliphatic heterocycles. The van der Waals surface area contributed by atoms with Crippen LogP contribution in [-0.4, -0.2) is 6.10 Å². The van der Waals surface area contributed by atoms with Gasteiger partial charge in [0.1, 0.15) is 0 Å². The zero-order chi connectivity index (χ0) is 13.9. The molecule has 0 radical (unpaired) electrons. The normalized spacial score (nSPS) is 19.3. The van der Waals surface area contributed by atoms with Crippen LogP contribution in [0.5, 0.6) is 5.75 Å². The fraction of sp³-hybridized carbons (Fsp3) is 0.529. The van der Waals surface area contributed by atoms with E-state index in [0.29, 0.717) is 12.0 Å². The maximum absolute atomic E-state index is 14.0. The minimum atomic E-state index is -0.833. The van der Waals surface area contributed by atoms with Crippen molar-refractivity contribution in [3.05, 3.63) is 41.5 Å². The molecule has 108 valence electrons. The molecule has 2 aliphatic rings. The zero-order valence-electron chi connectivity index (χ0n) is 11.6. The molecule has 20 heavy (non-hydrogen) atoms. The van der Waals surface area contributed by atoms with Crippen LogP contribution in [0.4, 0.5) is 8.78 Å². The first-order chi connectivity index (χ1) is 9.74. The fourth-order valence-electron chi connectivity index (χ4n) is 2.34. The molecule has 1 nitrogen and oxygen atoms in total. The van der Waals surface area contributed by atoms with Crippen LogP contribution in [0.25, 0.3) is 0 Å². The van der Waals surface area contributed by atoms with Crippen molar-refractivity contribution >= 4 is 0 Å². The van der Waals surface area contributed by atoms with Gasteiger partial charge in [-0.15, -0.1) is 0 Å². The second kappa shape index (κ2) is 5.94. The van der Waals surface area contributed by atoms with E-state index in [1.54, 1.807) is 12.1 Å². The van der Waals surface area contributed by atoms with Crippen LogP contribution >= 0.6 is 0 Å². The predicted molar refractivity (Wildman–Crippen MR) is 74.8 cm³/mol. The van der Waals surface area contributed by atoms with Gasteiger partial charge in [-0.1, -0.05) is 18.2 Å². The van der Waals surface area contributed by atoms with Gasteiger partial charge in [0.15, 0.2) is 11.6 Å². The fourth-order valence-corrected chi connectivity index (χ4v) is 2.34. The molecule has 2 saturated carbocycles. The molecule has 0 aromatic heterocycles. The molecule has 0 heterocycles. The van der Waals surface area contributed by atoms with Crippen molar-refractivity contribution in [1.82, 2.24) is 0 Å². The summed E-state index contributed by atoms with van der Waals surface area (Å²) in [6.07, 6.45) is 11.2. The van der Waals surface area contributed by atoms with Crippen molar-refractivity contribution in [3.63, 3.8) is 0 Å². The van der Waals surface area contributed by atoms with Crippen LogP contribution < -0.4 is 4.74 Å².